The van der Waals surface area contributed by atoms with E-state index >= 15 is 0 Å². The maximum absolute atomic E-state index is 5.99. The molecule has 0 amide bonds. The van der Waals surface area contributed by atoms with Crippen molar-refractivity contribution in [1.29, 1.82) is 0 Å². The van der Waals surface area contributed by atoms with Crippen LogP contribution in [0.15, 0.2) is 22.7 Å². The first-order chi connectivity index (χ1) is 8.70. The van der Waals surface area contributed by atoms with E-state index in [1.165, 1.54) is 11.1 Å². The minimum absolute atomic E-state index is 0.422. The molecule has 0 fully saturated rings. The van der Waals surface area contributed by atoms with Crippen LogP contribution in [0.2, 0.25) is 5.02 Å². The molecule has 94 valence electrons. The molecule has 1 N–H and O–H groups in total. The highest BCUT2D eigenvalue weighted by Gasteiger charge is 2.21. The topological polar surface area (TPSA) is 51.0 Å². The number of aryl methyl sites for hydroxylation is 1. The average Bonchev–Trinajstić information content (AvgIpc) is 2.92. The molecule has 1 aliphatic rings. The lowest BCUT2D eigenvalue weighted by molar-refractivity contribution is 0.355. The van der Waals surface area contributed by atoms with Gasteiger partial charge in [0.25, 0.3) is 0 Å². The Morgan fingerprint density at radius 1 is 1.39 bits per heavy atom. The number of halogens is 1. The fraction of sp³-hybridized carbons (Fsp3) is 0.385. The third-order valence-electron chi connectivity index (χ3n) is 3.21. The van der Waals surface area contributed by atoms with Crippen LogP contribution in [0.1, 0.15) is 22.8 Å². The Morgan fingerprint density at radius 2 is 2.22 bits per heavy atom. The fourth-order valence-electron chi connectivity index (χ4n) is 2.37. The summed E-state index contributed by atoms with van der Waals surface area (Å²) in [5.41, 5.74) is 2.71. The van der Waals surface area contributed by atoms with Gasteiger partial charge in [0.2, 0.25) is 5.89 Å². The lowest BCUT2D eigenvalue weighted by Crippen LogP contribution is -2.29. The number of rotatable bonds is 3. The SMILES string of the molecule is Cc1noc(CNC2Cc3ccc(Cl)cc3C2)n1. The van der Waals surface area contributed by atoms with E-state index in [-0.39, 0.29) is 0 Å². The van der Waals surface area contributed by atoms with Crippen molar-refractivity contribution >= 4 is 11.6 Å². The number of aromatic nitrogens is 2. The van der Waals surface area contributed by atoms with E-state index in [0.717, 1.165) is 17.9 Å². The molecule has 0 saturated heterocycles. The van der Waals surface area contributed by atoms with Gasteiger partial charge in [0.05, 0.1) is 6.54 Å². The Kier molecular flexibility index (Phi) is 3.06. The summed E-state index contributed by atoms with van der Waals surface area (Å²) in [4.78, 5) is 4.17. The van der Waals surface area contributed by atoms with Crippen molar-refractivity contribution in [3.63, 3.8) is 0 Å². The molecule has 0 bridgehead atoms. The molecule has 0 spiro atoms. The van der Waals surface area contributed by atoms with Gasteiger partial charge in [0, 0.05) is 11.1 Å². The van der Waals surface area contributed by atoms with Gasteiger partial charge < -0.3 is 9.84 Å². The highest BCUT2D eigenvalue weighted by atomic mass is 35.5. The summed E-state index contributed by atoms with van der Waals surface area (Å²) < 4.78 is 5.08. The predicted octanol–water partition coefficient (Wildman–Crippen LogP) is 2.29. The zero-order chi connectivity index (χ0) is 12.5. The molecular weight excluding hydrogens is 250 g/mol. The Bertz CT molecular complexity index is 567. The molecular formula is C13H14ClN3O. The molecule has 5 heteroatoms. The molecule has 1 aromatic heterocycles. The van der Waals surface area contributed by atoms with Crippen LogP contribution in [0.5, 0.6) is 0 Å². The number of fused-ring (bicyclic) bond motifs is 1. The first-order valence-electron chi connectivity index (χ1n) is 6.00. The number of benzene rings is 1. The number of hydrogen-bond acceptors (Lipinski definition) is 4. The van der Waals surface area contributed by atoms with E-state index < -0.39 is 0 Å². The van der Waals surface area contributed by atoms with Gasteiger partial charge in [-0.2, -0.15) is 4.98 Å². The van der Waals surface area contributed by atoms with Crippen molar-refractivity contribution in [3.05, 3.63) is 46.1 Å². The molecule has 18 heavy (non-hydrogen) atoms. The predicted molar refractivity (Wildman–Crippen MR) is 68.5 cm³/mol. The molecule has 0 aliphatic heterocycles. The maximum atomic E-state index is 5.99. The Balaban J connectivity index is 1.61. The van der Waals surface area contributed by atoms with Crippen molar-refractivity contribution < 1.29 is 4.52 Å². The van der Waals surface area contributed by atoms with Crippen molar-refractivity contribution in [2.75, 3.05) is 0 Å². The number of hydrogen-bond donors (Lipinski definition) is 1. The summed E-state index contributed by atoms with van der Waals surface area (Å²) in [7, 11) is 0. The van der Waals surface area contributed by atoms with Gasteiger partial charge in [0.1, 0.15) is 0 Å². The van der Waals surface area contributed by atoms with Crippen LogP contribution in [0, 0.1) is 6.92 Å². The van der Waals surface area contributed by atoms with Gasteiger partial charge in [-0.05, 0) is 43.0 Å². The maximum Gasteiger partial charge on any atom is 0.240 e. The highest BCUT2D eigenvalue weighted by molar-refractivity contribution is 6.30. The number of nitrogens with zero attached hydrogens (tertiary/aromatic N) is 2. The molecule has 2 aromatic rings. The van der Waals surface area contributed by atoms with E-state index in [9.17, 15) is 0 Å². The van der Waals surface area contributed by atoms with Gasteiger partial charge in [-0.3, -0.25) is 0 Å². The molecule has 1 unspecified atom stereocenters. The van der Waals surface area contributed by atoms with Crippen LogP contribution >= 0.6 is 11.6 Å². The van der Waals surface area contributed by atoms with Gasteiger partial charge in [-0.1, -0.05) is 22.8 Å². The zero-order valence-electron chi connectivity index (χ0n) is 10.1. The molecule has 0 saturated carbocycles. The summed E-state index contributed by atoms with van der Waals surface area (Å²) in [5.74, 6) is 1.31. The van der Waals surface area contributed by atoms with E-state index in [2.05, 4.69) is 27.6 Å². The molecule has 1 atom stereocenters. The van der Waals surface area contributed by atoms with Crippen molar-refractivity contribution in [2.24, 2.45) is 0 Å². The van der Waals surface area contributed by atoms with Crippen LogP contribution < -0.4 is 5.32 Å². The first kappa shape index (κ1) is 11.7. The van der Waals surface area contributed by atoms with Gasteiger partial charge in [-0.15, -0.1) is 0 Å². The lowest BCUT2D eigenvalue weighted by atomic mass is 10.1. The van der Waals surface area contributed by atoms with Crippen LogP contribution in [-0.4, -0.2) is 16.2 Å². The highest BCUT2D eigenvalue weighted by Crippen LogP contribution is 2.25. The molecule has 1 aliphatic carbocycles. The van der Waals surface area contributed by atoms with Gasteiger partial charge in [0.15, 0.2) is 5.82 Å². The van der Waals surface area contributed by atoms with E-state index in [1.807, 2.05) is 13.0 Å². The van der Waals surface area contributed by atoms with Crippen LogP contribution in [0.4, 0.5) is 0 Å². The van der Waals surface area contributed by atoms with Crippen molar-refractivity contribution in [1.82, 2.24) is 15.5 Å². The van der Waals surface area contributed by atoms with Gasteiger partial charge >= 0.3 is 0 Å². The largest absolute Gasteiger partial charge is 0.338 e. The second-order valence-electron chi connectivity index (χ2n) is 4.63. The minimum atomic E-state index is 0.422. The Hall–Kier alpha value is -1.39. The molecule has 4 nitrogen and oxygen atoms in total. The van der Waals surface area contributed by atoms with Crippen LogP contribution in [-0.2, 0) is 19.4 Å². The minimum Gasteiger partial charge on any atom is -0.338 e. The van der Waals surface area contributed by atoms with E-state index in [4.69, 9.17) is 16.1 Å². The third kappa shape index (κ3) is 2.40. The Morgan fingerprint density at radius 3 is 3.00 bits per heavy atom. The zero-order valence-corrected chi connectivity index (χ0v) is 10.9. The van der Waals surface area contributed by atoms with E-state index in [0.29, 0.717) is 24.3 Å². The second-order valence-corrected chi connectivity index (χ2v) is 5.07. The van der Waals surface area contributed by atoms with E-state index in [1.54, 1.807) is 0 Å². The fourth-order valence-corrected chi connectivity index (χ4v) is 2.57. The molecule has 1 heterocycles. The lowest BCUT2D eigenvalue weighted by Gasteiger charge is -2.08. The summed E-state index contributed by atoms with van der Waals surface area (Å²) in [6.07, 6.45) is 2.03. The standard InChI is InChI=1S/C13H14ClN3O/c1-8-16-13(18-17-8)7-15-12-5-9-2-3-11(14)4-10(9)6-12/h2-4,12,15H,5-7H2,1H3. The third-order valence-corrected chi connectivity index (χ3v) is 3.45. The summed E-state index contributed by atoms with van der Waals surface area (Å²) in [5, 5.41) is 8.01. The normalized spacial score (nSPS) is 18.0. The quantitative estimate of drug-likeness (QED) is 0.923. The molecule has 1 aromatic carbocycles. The first-order valence-corrected chi connectivity index (χ1v) is 6.38. The van der Waals surface area contributed by atoms with Crippen LogP contribution in [0.25, 0.3) is 0 Å². The summed E-state index contributed by atoms with van der Waals surface area (Å²) in [6.45, 7) is 2.44. The van der Waals surface area contributed by atoms with Crippen molar-refractivity contribution in [3.8, 4) is 0 Å². The smallest absolute Gasteiger partial charge is 0.240 e. The van der Waals surface area contributed by atoms with Crippen molar-refractivity contribution in [2.45, 2.75) is 32.4 Å². The summed E-state index contributed by atoms with van der Waals surface area (Å²) >= 11 is 5.99. The molecule has 3 rings (SSSR count). The van der Waals surface area contributed by atoms with Gasteiger partial charge in [-0.25, -0.2) is 0 Å². The monoisotopic (exact) mass is 263 g/mol. The number of nitrogens with one attached hydrogen (secondary N) is 1. The second kappa shape index (κ2) is 4.71. The van der Waals surface area contributed by atoms with Crippen LogP contribution in [0.3, 0.4) is 0 Å². The average molecular weight is 264 g/mol. The summed E-state index contributed by atoms with van der Waals surface area (Å²) in [6, 6.07) is 6.53. The molecule has 0 radical (unpaired) electrons. The Labute approximate surface area is 110 Å².